The van der Waals surface area contributed by atoms with Crippen LogP contribution in [0.3, 0.4) is 0 Å². The summed E-state index contributed by atoms with van der Waals surface area (Å²) in [5, 5.41) is 0.255. The van der Waals surface area contributed by atoms with Gasteiger partial charge in [0.25, 0.3) is 0 Å². The van der Waals surface area contributed by atoms with Crippen molar-refractivity contribution in [2.45, 2.75) is 18.7 Å². The smallest absolute Gasteiger partial charge is 0.348 e. The number of fused-ring (bicyclic) bond motifs is 1. The van der Waals surface area contributed by atoms with Gasteiger partial charge in [-0.05, 0) is 19.1 Å². The Bertz CT molecular complexity index is 823. The summed E-state index contributed by atoms with van der Waals surface area (Å²) in [5.74, 6) is -0.175. The fraction of sp³-hybridized carbons (Fsp3) is 0.444. The zero-order chi connectivity index (χ0) is 18.7. The lowest BCUT2D eigenvalue weighted by Gasteiger charge is -2.28. The summed E-state index contributed by atoms with van der Waals surface area (Å²) in [6, 6.07) is 4.87. The summed E-state index contributed by atoms with van der Waals surface area (Å²) < 4.78 is 25.2. The molecule has 1 N–H and O–H groups in total. The van der Waals surface area contributed by atoms with Gasteiger partial charge < -0.3 is 14.4 Å². The van der Waals surface area contributed by atoms with Crippen LogP contribution in [0.1, 0.15) is 22.2 Å². The topological polar surface area (TPSA) is 57.0 Å². The number of ether oxygens (including phenoxy) is 2. The van der Waals surface area contributed by atoms with Crippen LogP contribution in [0.4, 0.5) is 4.39 Å². The number of thiophene rings is 1. The van der Waals surface area contributed by atoms with Crippen LogP contribution < -0.4 is 4.90 Å². The second kappa shape index (κ2) is 8.37. The number of thioether (sulfide) groups is 1. The molecule has 1 aromatic heterocycles. The Kier molecular flexibility index (Phi) is 6.16. The average Bonchev–Trinajstić information content (AvgIpc) is 3.01. The molecule has 26 heavy (non-hydrogen) atoms. The molecule has 2 heterocycles. The van der Waals surface area contributed by atoms with E-state index in [4.69, 9.17) is 9.47 Å². The van der Waals surface area contributed by atoms with Gasteiger partial charge in [0, 0.05) is 21.4 Å². The number of esters is 2. The van der Waals surface area contributed by atoms with Crippen LogP contribution in [-0.4, -0.2) is 49.7 Å². The maximum Gasteiger partial charge on any atom is 0.348 e. The number of hydrogen-bond donors (Lipinski definition) is 1. The van der Waals surface area contributed by atoms with Gasteiger partial charge in [-0.2, -0.15) is 0 Å². The van der Waals surface area contributed by atoms with E-state index in [1.54, 1.807) is 24.8 Å². The van der Waals surface area contributed by atoms with Gasteiger partial charge in [-0.25, -0.2) is 9.18 Å². The second-order valence-electron chi connectivity index (χ2n) is 6.01. The molecule has 2 aromatic rings. The number of quaternary nitrogens is 1. The standard InChI is InChI=1S/C18H20FNO4S2/c1-3-24-18(22)16-11(15-12(19)5-4-6-13(15)26-16)9-20-7-8-25-14(10-20)17(21)23-2/h4-6,14H,3,7-10H2,1-2H3/p+1/t14-/m0/s1. The van der Waals surface area contributed by atoms with E-state index in [0.29, 0.717) is 28.9 Å². The molecular formula is C18H21FNO4S2+. The van der Waals surface area contributed by atoms with E-state index in [0.717, 1.165) is 21.9 Å². The number of carbonyl (C=O) groups excluding carboxylic acids is 2. The Hall–Kier alpha value is -1.64. The Morgan fingerprint density at radius 1 is 1.38 bits per heavy atom. The first-order valence-electron chi connectivity index (χ1n) is 8.45. The third kappa shape index (κ3) is 3.87. The zero-order valence-corrected chi connectivity index (χ0v) is 16.3. The first kappa shape index (κ1) is 19.1. The van der Waals surface area contributed by atoms with E-state index in [1.807, 2.05) is 6.07 Å². The first-order valence-corrected chi connectivity index (χ1v) is 10.3. The summed E-state index contributed by atoms with van der Waals surface area (Å²) in [4.78, 5) is 25.8. The van der Waals surface area contributed by atoms with Crippen molar-refractivity contribution in [3.63, 3.8) is 0 Å². The minimum atomic E-state index is -0.418. The highest BCUT2D eigenvalue weighted by Gasteiger charge is 2.32. The van der Waals surface area contributed by atoms with Gasteiger partial charge >= 0.3 is 11.9 Å². The largest absolute Gasteiger partial charge is 0.468 e. The molecule has 0 saturated carbocycles. The highest BCUT2D eigenvalue weighted by Crippen LogP contribution is 2.33. The van der Waals surface area contributed by atoms with Gasteiger partial charge in [0.05, 0.1) is 20.3 Å². The van der Waals surface area contributed by atoms with Crippen LogP contribution in [0.5, 0.6) is 0 Å². The molecule has 1 unspecified atom stereocenters. The quantitative estimate of drug-likeness (QED) is 0.780. The van der Waals surface area contributed by atoms with Gasteiger partial charge in [0.2, 0.25) is 0 Å². The van der Waals surface area contributed by atoms with E-state index in [2.05, 4.69) is 0 Å². The van der Waals surface area contributed by atoms with E-state index in [9.17, 15) is 14.0 Å². The molecule has 0 spiro atoms. The molecule has 0 bridgehead atoms. The monoisotopic (exact) mass is 398 g/mol. The van der Waals surface area contributed by atoms with Crippen LogP contribution in [0.25, 0.3) is 10.1 Å². The highest BCUT2D eigenvalue weighted by molar-refractivity contribution is 8.00. The van der Waals surface area contributed by atoms with Crippen molar-refractivity contribution in [3.05, 3.63) is 34.5 Å². The molecule has 1 aromatic carbocycles. The van der Waals surface area contributed by atoms with Crippen molar-refractivity contribution in [2.24, 2.45) is 0 Å². The summed E-state index contributed by atoms with van der Waals surface area (Å²) in [6.07, 6.45) is 0. The lowest BCUT2D eigenvalue weighted by Crippen LogP contribution is -3.13. The fourth-order valence-electron chi connectivity index (χ4n) is 3.16. The van der Waals surface area contributed by atoms with Gasteiger partial charge in [-0.3, -0.25) is 4.79 Å². The lowest BCUT2D eigenvalue weighted by atomic mass is 10.1. The van der Waals surface area contributed by atoms with Gasteiger partial charge in [-0.1, -0.05) is 6.07 Å². The minimum Gasteiger partial charge on any atom is -0.468 e. The number of hydrogen-bond acceptors (Lipinski definition) is 6. The Morgan fingerprint density at radius 2 is 2.19 bits per heavy atom. The van der Waals surface area contributed by atoms with Crippen molar-refractivity contribution in [1.29, 1.82) is 0 Å². The SMILES string of the molecule is CCOC(=O)c1sc2cccc(F)c2c1C[NH+]1CCS[C@H](C(=O)OC)C1. The van der Waals surface area contributed by atoms with E-state index in [1.165, 1.54) is 24.5 Å². The minimum absolute atomic E-state index is 0.232. The number of carbonyl (C=O) groups is 2. The number of halogens is 1. The fourth-order valence-corrected chi connectivity index (χ4v) is 5.57. The zero-order valence-electron chi connectivity index (χ0n) is 14.7. The maximum absolute atomic E-state index is 14.5. The van der Waals surface area contributed by atoms with Crippen molar-refractivity contribution >= 4 is 45.1 Å². The van der Waals surface area contributed by atoms with Crippen molar-refractivity contribution in [2.75, 3.05) is 32.6 Å². The predicted octanol–water partition coefficient (Wildman–Crippen LogP) is 1.89. The van der Waals surface area contributed by atoms with Gasteiger partial charge in [0.15, 0.2) is 5.25 Å². The summed E-state index contributed by atoms with van der Waals surface area (Å²) in [5.41, 5.74) is 0.673. The van der Waals surface area contributed by atoms with Crippen LogP contribution >= 0.6 is 23.1 Å². The summed E-state index contributed by atoms with van der Waals surface area (Å²) in [7, 11) is 1.39. The molecule has 0 aliphatic carbocycles. The number of benzene rings is 1. The highest BCUT2D eigenvalue weighted by atomic mass is 32.2. The summed E-state index contributed by atoms with van der Waals surface area (Å²) >= 11 is 2.84. The number of nitrogens with one attached hydrogen (secondary N) is 1. The van der Waals surface area contributed by atoms with E-state index < -0.39 is 5.97 Å². The molecule has 3 rings (SSSR count). The van der Waals surface area contributed by atoms with Crippen LogP contribution in [-0.2, 0) is 20.8 Å². The molecule has 1 aliphatic rings. The van der Waals surface area contributed by atoms with Crippen molar-refractivity contribution < 1.29 is 28.4 Å². The van der Waals surface area contributed by atoms with Gasteiger partial charge in [-0.15, -0.1) is 23.1 Å². The molecule has 1 saturated heterocycles. The molecule has 0 amide bonds. The molecule has 140 valence electrons. The van der Waals surface area contributed by atoms with E-state index in [-0.39, 0.29) is 23.6 Å². The Labute approximate surface area is 159 Å². The molecular weight excluding hydrogens is 377 g/mol. The summed E-state index contributed by atoms with van der Waals surface area (Å²) in [6.45, 7) is 3.92. The maximum atomic E-state index is 14.5. The third-order valence-corrected chi connectivity index (χ3v) is 6.74. The molecule has 8 heteroatoms. The Balaban J connectivity index is 1.94. The van der Waals surface area contributed by atoms with Crippen LogP contribution in [0, 0.1) is 5.82 Å². The first-order chi connectivity index (χ1) is 12.5. The third-order valence-electron chi connectivity index (χ3n) is 4.36. The van der Waals surface area contributed by atoms with Crippen LogP contribution in [0.2, 0.25) is 0 Å². The van der Waals surface area contributed by atoms with Crippen LogP contribution in [0.15, 0.2) is 18.2 Å². The average molecular weight is 399 g/mol. The molecule has 1 aliphatic heterocycles. The number of rotatable bonds is 5. The number of methoxy groups -OCH3 is 1. The Morgan fingerprint density at radius 3 is 2.92 bits per heavy atom. The van der Waals surface area contributed by atoms with Crippen molar-refractivity contribution in [3.8, 4) is 0 Å². The predicted molar refractivity (Wildman–Crippen MR) is 100 cm³/mol. The van der Waals surface area contributed by atoms with Gasteiger partial charge in [0.1, 0.15) is 23.8 Å². The van der Waals surface area contributed by atoms with E-state index >= 15 is 0 Å². The molecule has 2 atom stereocenters. The normalized spacial score (nSPS) is 20.1. The molecule has 0 radical (unpaired) electrons. The second-order valence-corrected chi connectivity index (χ2v) is 8.37. The molecule has 1 fully saturated rings. The lowest BCUT2D eigenvalue weighted by molar-refractivity contribution is -0.911. The van der Waals surface area contributed by atoms with Crippen molar-refractivity contribution in [1.82, 2.24) is 0 Å². The molecule has 5 nitrogen and oxygen atoms in total.